The van der Waals surface area contributed by atoms with Gasteiger partial charge in [0.2, 0.25) is 0 Å². The van der Waals surface area contributed by atoms with Crippen LogP contribution in [0, 0.1) is 0 Å². The third-order valence-electron chi connectivity index (χ3n) is 2.67. The molecule has 0 heterocycles. The molecule has 0 spiro atoms. The Hall–Kier alpha value is -0.980. The van der Waals surface area contributed by atoms with Crippen LogP contribution in [0.4, 0.5) is 0 Å². The number of hydrogen-bond acceptors (Lipinski definition) is 1. The van der Waals surface area contributed by atoms with E-state index in [4.69, 9.17) is 0 Å². The van der Waals surface area contributed by atoms with E-state index >= 15 is 0 Å². The van der Waals surface area contributed by atoms with Crippen molar-refractivity contribution in [1.82, 2.24) is 0 Å². The van der Waals surface area contributed by atoms with Crippen LogP contribution in [0.3, 0.4) is 0 Å². The van der Waals surface area contributed by atoms with Gasteiger partial charge in [-0.1, -0.05) is 87.8 Å². The summed E-state index contributed by atoms with van der Waals surface area (Å²) in [5.74, 6) is 0.399. The first kappa shape index (κ1) is 21.3. The van der Waals surface area contributed by atoms with Crippen molar-refractivity contribution in [2.75, 3.05) is 0 Å². The Morgan fingerprint density at radius 3 is 1.55 bits per heavy atom. The van der Waals surface area contributed by atoms with E-state index in [0.29, 0.717) is 5.75 Å². The summed E-state index contributed by atoms with van der Waals surface area (Å²) in [6, 6.07) is 5.93. The molecule has 0 aliphatic carbocycles. The Morgan fingerprint density at radius 1 is 0.850 bits per heavy atom. The number of aromatic hydroxyl groups is 1. The van der Waals surface area contributed by atoms with Gasteiger partial charge in [-0.25, -0.2) is 0 Å². The van der Waals surface area contributed by atoms with Gasteiger partial charge in [0, 0.05) is 0 Å². The molecule has 0 aliphatic rings. The van der Waals surface area contributed by atoms with E-state index in [0.717, 1.165) is 5.56 Å². The average molecular weight is 280 g/mol. The molecule has 1 heteroatoms. The largest absolute Gasteiger partial charge is 0.508 e. The first-order chi connectivity index (χ1) is 9.04. The fourth-order valence-electron chi connectivity index (χ4n) is 1.60. The lowest BCUT2D eigenvalue weighted by Gasteiger charge is -2.25. The van der Waals surface area contributed by atoms with Crippen molar-refractivity contribution in [2.45, 2.75) is 86.5 Å². The van der Waals surface area contributed by atoms with Crippen LogP contribution in [0.1, 0.15) is 86.8 Å². The van der Waals surface area contributed by atoms with E-state index < -0.39 is 0 Å². The molecule has 0 radical (unpaired) electrons. The monoisotopic (exact) mass is 280 g/mol. The highest BCUT2D eigenvalue weighted by Gasteiger charge is 2.21. The highest BCUT2D eigenvalue weighted by Crippen LogP contribution is 2.34. The molecule has 1 aromatic carbocycles. The molecule has 1 aromatic rings. The predicted octanol–water partition coefficient (Wildman–Crippen LogP) is 6.43. The first-order valence-electron chi connectivity index (χ1n) is 7.88. The van der Waals surface area contributed by atoms with Crippen molar-refractivity contribution < 1.29 is 5.11 Å². The lowest BCUT2D eigenvalue weighted by molar-refractivity contribution is 0.444. The van der Waals surface area contributed by atoms with E-state index in [-0.39, 0.29) is 10.8 Å². The van der Waals surface area contributed by atoms with Crippen LogP contribution in [0.25, 0.3) is 0 Å². The molecule has 0 fully saturated rings. The van der Waals surface area contributed by atoms with Crippen LogP contribution in [-0.4, -0.2) is 5.11 Å². The van der Waals surface area contributed by atoms with E-state index in [1.165, 1.54) is 12.0 Å². The topological polar surface area (TPSA) is 20.2 Å². The van der Waals surface area contributed by atoms with Gasteiger partial charge in [0.25, 0.3) is 0 Å². The van der Waals surface area contributed by atoms with Gasteiger partial charge in [0.15, 0.2) is 0 Å². The molecule has 0 amide bonds. The molecular weight excluding hydrogens is 244 g/mol. The van der Waals surface area contributed by atoms with Crippen molar-refractivity contribution in [1.29, 1.82) is 0 Å². The van der Waals surface area contributed by atoms with Crippen LogP contribution in [-0.2, 0) is 10.8 Å². The summed E-state index contributed by atoms with van der Waals surface area (Å²) < 4.78 is 0. The maximum Gasteiger partial charge on any atom is 0.119 e. The van der Waals surface area contributed by atoms with E-state index in [1.54, 1.807) is 6.07 Å². The van der Waals surface area contributed by atoms with Crippen LogP contribution >= 0.6 is 0 Å². The number of rotatable bonds is 0. The standard InChI is InChI=1S/C14H22O.C3H8.C2H6/c1-13(2,3)10-7-8-12(15)11(9-10)14(4,5)6;1-3-2;1-2/h7-9,15H,1-6H3;3H2,1-2H3;1-2H3. The Bertz CT molecular complexity index is 364. The molecule has 0 atom stereocenters. The molecule has 20 heavy (non-hydrogen) atoms. The molecule has 0 aliphatic heterocycles. The van der Waals surface area contributed by atoms with Crippen molar-refractivity contribution in [3.8, 4) is 5.75 Å². The summed E-state index contributed by atoms with van der Waals surface area (Å²) in [5, 5.41) is 9.84. The summed E-state index contributed by atoms with van der Waals surface area (Å²) in [4.78, 5) is 0. The van der Waals surface area contributed by atoms with Gasteiger partial charge in [0.05, 0.1) is 0 Å². The molecule has 1 nitrogen and oxygen atoms in total. The molecule has 1 N–H and O–H groups in total. The summed E-state index contributed by atoms with van der Waals surface area (Å²) in [6.07, 6.45) is 1.25. The van der Waals surface area contributed by atoms with Gasteiger partial charge in [-0.2, -0.15) is 0 Å². The second kappa shape index (κ2) is 9.05. The number of hydrogen-bond donors (Lipinski definition) is 1. The summed E-state index contributed by atoms with van der Waals surface area (Å²) >= 11 is 0. The zero-order valence-corrected chi connectivity index (χ0v) is 15.4. The summed E-state index contributed by atoms with van der Waals surface area (Å²) in [6.45, 7) is 21.2. The molecule has 0 aromatic heterocycles. The number of benzene rings is 1. The predicted molar refractivity (Wildman–Crippen MR) is 92.8 cm³/mol. The molecule has 118 valence electrons. The maximum atomic E-state index is 9.84. The van der Waals surface area contributed by atoms with Crippen LogP contribution in [0.5, 0.6) is 5.75 Å². The first-order valence-corrected chi connectivity index (χ1v) is 7.88. The highest BCUT2D eigenvalue weighted by atomic mass is 16.3. The molecule has 0 saturated heterocycles. The van der Waals surface area contributed by atoms with Gasteiger partial charge in [-0.15, -0.1) is 0 Å². The number of phenolic OH excluding ortho intramolecular Hbond substituents is 1. The lowest BCUT2D eigenvalue weighted by Crippen LogP contribution is -2.16. The Kier molecular flexibility index (Phi) is 9.64. The molecule has 0 bridgehead atoms. The lowest BCUT2D eigenvalue weighted by atomic mass is 9.80. The molecule has 0 unspecified atom stereocenters. The SMILES string of the molecule is CC.CC(C)(C)c1ccc(O)c(C(C)(C)C)c1.CCC. The molecular formula is C19H36O. The van der Waals surface area contributed by atoms with Gasteiger partial charge in [-0.05, 0) is 28.0 Å². The summed E-state index contributed by atoms with van der Waals surface area (Å²) in [5.41, 5.74) is 2.42. The van der Waals surface area contributed by atoms with E-state index in [2.05, 4.69) is 61.5 Å². The zero-order chi connectivity index (χ0) is 16.6. The van der Waals surface area contributed by atoms with Crippen molar-refractivity contribution >= 4 is 0 Å². The van der Waals surface area contributed by atoms with Crippen molar-refractivity contribution in [3.63, 3.8) is 0 Å². The Labute approximate surface area is 127 Å². The fraction of sp³-hybridized carbons (Fsp3) is 0.684. The van der Waals surface area contributed by atoms with Crippen LogP contribution in [0.15, 0.2) is 18.2 Å². The van der Waals surface area contributed by atoms with E-state index in [1.807, 2.05) is 19.9 Å². The van der Waals surface area contributed by atoms with Gasteiger partial charge >= 0.3 is 0 Å². The molecule has 1 rings (SSSR count). The summed E-state index contributed by atoms with van der Waals surface area (Å²) in [7, 11) is 0. The number of phenols is 1. The van der Waals surface area contributed by atoms with E-state index in [9.17, 15) is 5.11 Å². The minimum Gasteiger partial charge on any atom is -0.508 e. The van der Waals surface area contributed by atoms with Crippen LogP contribution < -0.4 is 0 Å². The fourth-order valence-corrected chi connectivity index (χ4v) is 1.60. The van der Waals surface area contributed by atoms with Crippen molar-refractivity contribution in [3.05, 3.63) is 29.3 Å². The third-order valence-corrected chi connectivity index (χ3v) is 2.67. The minimum absolute atomic E-state index is 0.00859. The Balaban J connectivity index is 0. The quantitative estimate of drug-likeness (QED) is 0.580. The molecule has 0 saturated carbocycles. The normalized spacial score (nSPS) is 10.9. The van der Waals surface area contributed by atoms with Gasteiger partial charge < -0.3 is 5.11 Å². The highest BCUT2D eigenvalue weighted by molar-refractivity contribution is 5.42. The average Bonchev–Trinajstić information content (AvgIpc) is 2.30. The zero-order valence-electron chi connectivity index (χ0n) is 15.4. The van der Waals surface area contributed by atoms with Gasteiger partial charge in [0.1, 0.15) is 5.75 Å². The Morgan fingerprint density at radius 2 is 1.25 bits per heavy atom. The minimum atomic E-state index is -0.00859. The second-order valence-corrected chi connectivity index (χ2v) is 6.94. The van der Waals surface area contributed by atoms with Gasteiger partial charge in [-0.3, -0.25) is 0 Å². The third kappa shape index (κ3) is 7.57. The maximum absolute atomic E-state index is 9.84. The second-order valence-electron chi connectivity index (χ2n) is 6.94. The smallest absolute Gasteiger partial charge is 0.119 e. The van der Waals surface area contributed by atoms with Crippen molar-refractivity contribution in [2.24, 2.45) is 0 Å². The van der Waals surface area contributed by atoms with Crippen LogP contribution in [0.2, 0.25) is 0 Å².